The largest absolute Gasteiger partial charge is 0.480 e. The number of aliphatic carboxylic acids is 1. The number of imidazole rings is 1. The lowest BCUT2D eigenvalue weighted by Gasteiger charge is -2.35. The van der Waals surface area contributed by atoms with Gasteiger partial charge < -0.3 is 19.5 Å². The topological polar surface area (TPSA) is 78.7 Å². The van der Waals surface area contributed by atoms with Gasteiger partial charge in [0.05, 0.1) is 0 Å². The monoisotopic (exact) mass is 386 g/mol. The van der Waals surface area contributed by atoms with E-state index in [1.54, 1.807) is 17.0 Å². The molecule has 26 heavy (non-hydrogen) atoms. The summed E-state index contributed by atoms with van der Waals surface area (Å²) < 4.78 is 1.58. The Bertz CT molecular complexity index is 564. The molecule has 1 fully saturated rings. The molecule has 7 nitrogen and oxygen atoms in total. The highest BCUT2D eigenvalue weighted by Gasteiger charge is 2.23. The van der Waals surface area contributed by atoms with Gasteiger partial charge in [-0.25, -0.2) is 4.98 Å². The molecule has 1 amide bonds. The van der Waals surface area contributed by atoms with E-state index in [-0.39, 0.29) is 12.5 Å². The molecule has 0 saturated carbocycles. The molecule has 0 unspecified atom stereocenters. The minimum atomic E-state index is -0.906. The zero-order valence-corrected chi connectivity index (χ0v) is 16.9. The SMILES string of the molecule is CC(C)Cl.CN(C)C1CCN(C(=O)CCc2nccn2CC(=O)O)CC1. The standard InChI is InChI=1S/C15H24N4O3.C3H7Cl/c1-17(2)12-5-8-18(9-6-12)14(20)4-3-13-16-7-10-19(13)11-15(21)22;1-3(2)4/h7,10,12H,3-6,8-9,11H2,1-2H3,(H,21,22);3H,1-2H3. The van der Waals surface area contributed by atoms with Crippen LogP contribution in [0.1, 0.15) is 38.9 Å². The van der Waals surface area contributed by atoms with Crippen LogP contribution < -0.4 is 0 Å². The van der Waals surface area contributed by atoms with Crippen LogP contribution in [0.3, 0.4) is 0 Å². The molecule has 1 aromatic rings. The third-order valence-corrected chi connectivity index (χ3v) is 4.22. The Labute approximate surface area is 160 Å². The highest BCUT2D eigenvalue weighted by atomic mass is 35.5. The van der Waals surface area contributed by atoms with Crippen LogP contribution >= 0.6 is 11.6 Å². The number of hydrogen-bond acceptors (Lipinski definition) is 4. The molecule has 2 heterocycles. The van der Waals surface area contributed by atoms with Crippen molar-refractivity contribution in [3.63, 3.8) is 0 Å². The number of aromatic nitrogens is 2. The zero-order chi connectivity index (χ0) is 19.7. The Morgan fingerprint density at radius 1 is 1.35 bits per heavy atom. The maximum Gasteiger partial charge on any atom is 0.323 e. The van der Waals surface area contributed by atoms with Gasteiger partial charge in [-0.3, -0.25) is 9.59 Å². The summed E-state index contributed by atoms with van der Waals surface area (Å²) in [6.07, 6.45) is 6.08. The Kier molecular flexibility index (Phi) is 9.65. The van der Waals surface area contributed by atoms with Gasteiger partial charge in [0.1, 0.15) is 12.4 Å². The smallest absolute Gasteiger partial charge is 0.323 e. The number of rotatable bonds is 6. The first-order valence-electron chi connectivity index (χ1n) is 9.00. The Morgan fingerprint density at radius 2 is 1.92 bits per heavy atom. The number of amides is 1. The molecule has 0 spiro atoms. The second kappa shape index (κ2) is 11.2. The average molecular weight is 387 g/mol. The molecule has 0 aromatic carbocycles. The van der Waals surface area contributed by atoms with Crippen molar-refractivity contribution in [2.45, 2.75) is 57.5 Å². The lowest BCUT2D eigenvalue weighted by molar-refractivity contribution is -0.137. The van der Waals surface area contributed by atoms with Crippen LogP contribution in [0.5, 0.6) is 0 Å². The number of aryl methyl sites for hydroxylation is 1. The fraction of sp³-hybridized carbons (Fsp3) is 0.722. The lowest BCUT2D eigenvalue weighted by atomic mass is 10.0. The quantitative estimate of drug-likeness (QED) is 0.757. The van der Waals surface area contributed by atoms with Crippen LogP contribution in [0.15, 0.2) is 12.4 Å². The summed E-state index contributed by atoms with van der Waals surface area (Å²) in [5.74, 6) is -0.127. The number of alkyl halides is 1. The summed E-state index contributed by atoms with van der Waals surface area (Å²) >= 11 is 5.27. The van der Waals surface area contributed by atoms with Crippen molar-refractivity contribution in [2.24, 2.45) is 0 Å². The molecule has 1 N–H and O–H groups in total. The van der Waals surface area contributed by atoms with E-state index < -0.39 is 5.97 Å². The van der Waals surface area contributed by atoms with Crippen LogP contribution in [-0.2, 0) is 22.6 Å². The van der Waals surface area contributed by atoms with Crippen LogP contribution in [0.2, 0.25) is 0 Å². The van der Waals surface area contributed by atoms with E-state index in [2.05, 4.69) is 24.0 Å². The Hall–Kier alpha value is -1.60. The van der Waals surface area contributed by atoms with Gasteiger partial charge in [0.15, 0.2) is 0 Å². The first-order valence-corrected chi connectivity index (χ1v) is 9.44. The summed E-state index contributed by atoms with van der Waals surface area (Å²) in [6, 6.07) is 0.554. The number of halogens is 1. The maximum absolute atomic E-state index is 12.3. The minimum absolute atomic E-state index is 0.113. The molecule has 0 atom stereocenters. The molecule has 2 rings (SSSR count). The third kappa shape index (κ3) is 8.19. The molecule has 0 radical (unpaired) electrons. The van der Waals surface area contributed by atoms with Gasteiger partial charge in [-0.2, -0.15) is 0 Å². The predicted molar refractivity (Wildman–Crippen MR) is 102 cm³/mol. The minimum Gasteiger partial charge on any atom is -0.480 e. The van der Waals surface area contributed by atoms with Gasteiger partial charge in [0, 0.05) is 49.7 Å². The van der Waals surface area contributed by atoms with E-state index in [0.29, 0.717) is 30.1 Å². The number of hydrogen-bond donors (Lipinski definition) is 1. The van der Waals surface area contributed by atoms with E-state index in [0.717, 1.165) is 25.9 Å². The number of likely N-dealkylation sites (tertiary alicyclic amines) is 1. The highest BCUT2D eigenvalue weighted by molar-refractivity contribution is 6.20. The predicted octanol–water partition coefficient (Wildman–Crippen LogP) is 2.09. The molecule has 8 heteroatoms. The molecule has 1 aliphatic rings. The Balaban J connectivity index is 0.000000765. The zero-order valence-electron chi connectivity index (χ0n) is 16.2. The molecule has 148 valence electrons. The van der Waals surface area contributed by atoms with Crippen molar-refractivity contribution in [3.8, 4) is 0 Å². The van der Waals surface area contributed by atoms with Gasteiger partial charge in [-0.15, -0.1) is 11.6 Å². The van der Waals surface area contributed by atoms with Crippen molar-refractivity contribution in [3.05, 3.63) is 18.2 Å². The summed E-state index contributed by atoms with van der Waals surface area (Å²) in [5, 5.41) is 9.14. The first-order chi connectivity index (χ1) is 12.2. The van der Waals surface area contributed by atoms with Gasteiger partial charge in [0.25, 0.3) is 0 Å². The molecule has 0 aliphatic carbocycles. The molecule has 0 bridgehead atoms. The second-order valence-electron chi connectivity index (χ2n) is 6.95. The fourth-order valence-corrected chi connectivity index (χ4v) is 2.87. The van der Waals surface area contributed by atoms with E-state index in [4.69, 9.17) is 16.7 Å². The van der Waals surface area contributed by atoms with Crippen molar-refractivity contribution in [1.82, 2.24) is 19.4 Å². The summed E-state index contributed by atoms with van der Waals surface area (Å²) in [7, 11) is 4.15. The van der Waals surface area contributed by atoms with Gasteiger partial charge in [0.2, 0.25) is 5.91 Å². The van der Waals surface area contributed by atoms with E-state index in [9.17, 15) is 9.59 Å². The molecular weight excluding hydrogens is 356 g/mol. The molecule has 1 saturated heterocycles. The highest BCUT2D eigenvalue weighted by Crippen LogP contribution is 2.15. The number of carbonyl (C=O) groups is 2. The normalized spacial score (nSPS) is 15.1. The van der Waals surface area contributed by atoms with Crippen LogP contribution in [0, 0.1) is 0 Å². The summed E-state index contributed by atoms with van der Waals surface area (Å²) in [5.41, 5.74) is 0. The van der Waals surface area contributed by atoms with Crippen molar-refractivity contribution < 1.29 is 14.7 Å². The molecule has 1 aromatic heterocycles. The second-order valence-corrected chi connectivity index (χ2v) is 7.83. The van der Waals surface area contributed by atoms with E-state index in [1.807, 2.05) is 18.7 Å². The number of nitrogens with zero attached hydrogens (tertiary/aromatic N) is 4. The van der Waals surface area contributed by atoms with Gasteiger partial charge in [-0.05, 0) is 40.8 Å². The van der Waals surface area contributed by atoms with Crippen LogP contribution in [0.4, 0.5) is 0 Å². The number of piperidine rings is 1. The maximum atomic E-state index is 12.3. The number of carboxylic acids is 1. The Morgan fingerprint density at radius 3 is 2.42 bits per heavy atom. The first kappa shape index (κ1) is 22.4. The summed E-state index contributed by atoms with van der Waals surface area (Å²) in [6.45, 7) is 5.34. The summed E-state index contributed by atoms with van der Waals surface area (Å²) in [4.78, 5) is 31.3. The number of carboxylic acid groups (broad SMARTS) is 1. The van der Waals surface area contributed by atoms with Gasteiger partial charge >= 0.3 is 5.97 Å². The third-order valence-electron chi connectivity index (χ3n) is 4.22. The van der Waals surface area contributed by atoms with Crippen molar-refractivity contribution in [1.29, 1.82) is 0 Å². The van der Waals surface area contributed by atoms with Gasteiger partial charge in [-0.1, -0.05) is 0 Å². The van der Waals surface area contributed by atoms with E-state index >= 15 is 0 Å². The van der Waals surface area contributed by atoms with Crippen molar-refractivity contribution >= 4 is 23.5 Å². The molecule has 1 aliphatic heterocycles. The van der Waals surface area contributed by atoms with Crippen LogP contribution in [0.25, 0.3) is 0 Å². The van der Waals surface area contributed by atoms with Crippen LogP contribution in [-0.4, -0.2) is 74.9 Å². The van der Waals surface area contributed by atoms with E-state index in [1.165, 1.54) is 0 Å². The average Bonchev–Trinajstić information content (AvgIpc) is 2.98. The fourth-order valence-electron chi connectivity index (χ4n) is 2.87. The molecular formula is C18H31ClN4O3. The number of carbonyl (C=O) groups excluding carboxylic acids is 1. The lowest BCUT2D eigenvalue weighted by Crippen LogP contribution is -2.44. The van der Waals surface area contributed by atoms with Crippen molar-refractivity contribution in [2.75, 3.05) is 27.2 Å².